The Morgan fingerprint density at radius 3 is 1.75 bits per heavy atom. The molecule has 0 amide bonds. The first-order valence-corrected chi connectivity index (χ1v) is 9.41. The molecule has 4 N–H and O–H groups in total. The minimum Gasteiger partial charge on any atom is -1.00 e. The lowest BCUT2D eigenvalue weighted by Gasteiger charge is -2.26. The summed E-state index contributed by atoms with van der Waals surface area (Å²) < 4.78 is 26.5. The average Bonchev–Trinajstić information content (AvgIpc) is 2.45. The minimum atomic E-state index is -5.18. The summed E-state index contributed by atoms with van der Waals surface area (Å²) in [6.07, 6.45) is 4.63. The highest BCUT2D eigenvalue weighted by Gasteiger charge is 2.64. The molecule has 0 aliphatic heterocycles. The lowest BCUT2D eigenvalue weighted by atomic mass is 10.3. The highest BCUT2D eigenvalue weighted by Crippen LogP contribution is 2.73. The van der Waals surface area contributed by atoms with Crippen molar-refractivity contribution in [1.82, 2.24) is 0 Å². The van der Waals surface area contributed by atoms with Crippen molar-refractivity contribution in [3.05, 3.63) is 60.7 Å². The van der Waals surface area contributed by atoms with Crippen molar-refractivity contribution in [2.45, 2.75) is 11.8 Å². The van der Waals surface area contributed by atoms with Gasteiger partial charge in [0.1, 0.15) is 0 Å². The first-order chi connectivity index (χ1) is 10.1. The van der Waals surface area contributed by atoms with Gasteiger partial charge in [0.05, 0.1) is 9.35 Å². The Hall–Kier alpha value is -0.820. The summed E-state index contributed by atoms with van der Waals surface area (Å²) >= 11 is 0. The van der Waals surface area contributed by atoms with Crippen LogP contribution in [0.1, 0.15) is 12.6 Å². The summed E-state index contributed by atoms with van der Waals surface area (Å²) in [6.45, 7) is 0.865. The molecule has 2 rings (SSSR count). The van der Waals surface area contributed by atoms with Crippen LogP contribution in [0.3, 0.4) is 0 Å². The number of hydrogen-bond acceptors (Lipinski definition) is 2. The number of hydrogen-bond donors (Lipinski definition) is 4. The van der Waals surface area contributed by atoms with Crippen molar-refractivity contribution in [1.29, 1.82) is 0 Å². The van der Waals surface area contributed by atoms with E-state index in [-0.39, 0.29) is 30.5 Å². The molecule has 0 bridgehead atoms. The third-order valence-corrected chi connectivity index (χ3v) is 7.70. The zero-order valence-corrected chi connectivity index (χ0v) is 15.6. The predicted molar refractivity (Wildman–Crippen MR) is 75.5 cm³/mol. The third-order valence-electron chi connectivity index (χ3n) is 3.41. The minimum absolute atomic E-state index is 0. The summed E-state index contributed by atoms with van der Waals surface area (Å²) in [7, 11) is -10.4. The lowest BCUT2D eigenvalue weighted by molar-refractivity contribution is -1.30. The van der Waals surface area contributed by atoms with Crippen molar-refractivity contribution < 1.29 is 62.9 Å². The first-order valence-electron chi connectivity index (χ1n) is 6.18. The van der Waals surface area contributed by atoms with Crippen LogP contribution in [0.25, 0.3) is 0 Å². The first kappa shape index (κ1) is 23.2. The Bertz CT molecular complexity index is 758. The van der Waals surface area contributed by atoms with Gasteiger partial charge in [0.2, 0.25) is 18.6 Å². The molecule has 2 aromatic heterocycles. The highest BCUT2D eigenvalue weighted by atomic mass is 35.5. The van der Waals surface area contributed by atoms with E-state index in [2.05, 4.69) is 0 Å². The van der Waals surface area contributed by atoms with Gasteiger partial charge in [0, 0.05) is 24.3 Å². The van der Waals surface area contributed by atoms with E-state index in [1.54, 1.807) is 36.7 Å². The van der Waals surface area contributed by atoms with Gasteiger partial charge in [-0.05, 0) is 19.1 Å². The molecular weight excluding hydrogens is 401 g/mol. The standard InChI is InChI=1S/C12H14N2O6P2.2ClH/c1-12(21(15,16)17,22(18,19)20)11-7-3-6-10-14(11)13-8-4-2-5-9-13;;/h2-10H,1H3,(H2-2,15,16,17,18,19,20);2*1H. The van der Waals surface area contributed by atoms with Gasteiger partial charge in [0.25, 0.3) is 10.6 Å². The summed E-state index contributed by atoms with van der Waals surface area (Å²) in [6, 6.07) is 9.41. The molecule has 2 aromatic rings. The number of rotatable bonds is 4. The van der Waals surface area contributed by atoms with Crippen LogP contribution >= 0.6 is 15.2 Å². The summed E-state index contributed by atoms with van der Waals surface area (Å²) in [5.74, 6) is 0. The van der Waals surface area contributed by atoms with Crippen molar-refractivity contribution >= 4 is 15.2 Å². The Balaban J connectivity index is 0.00000264. The van der Waals surface area contributed by atoms with Gasteiger partial charge < -0.3 is 44.4 Å². The van der Waals surface area contributed by atoms with Crippen LogP contribution in [-0.2, 0) is 14.0 Å². The normalized spacial score (nSPS) is 12.0. The lowest BCUT2D eigenvalue weighted by Crippen LogP contribution is -3.00. The van der Waals surface area contributed by atoms with Gasteiger partial charge in [-0.15, -0.1) is 0 Å². The van der Waals surface area contributed by atoms with Gasteiger partial charge in [0.15, 0.2) is 0 Å². The van der Waals surface area contributed by atoms with Crippen LogP contribution in [0.4, 0.5) is 0 Å². The molecule has 8 nitrogen and oxygen atoms in total. The molecule has 24 heavy (non-hydrogen) atoms. The Morgan fingerprint density at radius 2 is 1.29 bits per heavy atom. The molecule has 0 aliphatic rings. The number of halogens is 2. The molecular formula is C12H16Cl2N2O6P2. The second kappa shape index (κ2) is 8.04. The largest absolute Gasteiger partial charge is 1.00 e. The Labute approximate surface area is 150 Å². The Morgan fingerprint density at radius 1 is 0.833 bits per heavy atom. The van der Waals surface area contributed by atoms with E-state index >= 15 is 0 Å². The fraction of sp³-hybridized carbons (Fsp3) is 0.167. The molecule has 12 heteroatoms. The van der Waals surface area contributed by atoms with E-state index in [0.717, 1.165) is 6.92 Å². The van der Waals surface area contributed by atoms with E-state index in [0.29, 0.717) is 0 Å². The molecule has 0 atom stereocenters. The molecule has 0 aromatic carbocycles. The van der Waals surface area contributed by atoms with Crippen LogP contribution in [0.15, 0.2) is 55.0 Å². The van der Waals surface area contributed by atoms with Crippen LogP contribution in [-0.4, -0.2) is 19.6 Å². The monoisotopic (exact) mass is 416 g/mol. The predicted octanol–water partition coefficient (Wildman–Crippen LogP) is -5.89. The van der Waals surface area contributed by atoms with Crippen LogP contribution in [0.5, 0.6) is 0 Å². The third kappa shape index (κ3) is 4.04. The zero-order chi connectivity index (χ0) is 16.6. The van der Waals surface area contributed by atoms with Gasteiger partial charge in [-0.25, -0.2) is 0 Å². The molecule has 0 aliphatic carbocycles. The maximum Gasteiger partial charge on any atom is 0.354 e. The van der Waals surface area contributed by atoms with Gasteiger partial charge in [-0.1, -0.05) is 0 Å². The summed E-state index contributed by atoms with van der Waals surface area (Å²) in [4.78, 5) is 35.7. The molecule has 2 heterocycles. The van der Waals surface area contributed by atoms with E-state index < -0.39 is 20.1 Å². The number of nitrogens with zero attached hydrogens (tertiary/aromatic N) is 2. The van der Waals surface area contributed by atoms with E-state index in [4.69, 9.17) is 0 Å². The second-order valence-corrected chi connectivity index (χ2v) is 9.11. The SMILES string of the molecule is CC(c1cccc[n+]1-[n+]1ccccc1)(P(=O)(O)O)P(=O)(O)O.[Cl-].[Cl-]. The number of pyridine rings is 2. The molecule has 0 radical (unpaired) electrons. The fourth-order valence-electron chi connectivity index (χ4n) is 2.01. The Kier molecular flexibility index (Phi) is 7.76. The van der Waals surface area contributed by atoms with Gasteiger partial charge >= 0.3 is 15.2 Å². The molecule has 0 saturated heterocycles. The average molecular weight is 417 g/mol. The smallest absolute Gasteiger partial charge is 0.354 e. The van der Waals surface area contributed by atoms with Crippen molar-refractivity contribution in [2.75, 3.05) is 0 Å². The van der Waals surface area contributed by atoms with Gasteiger partial charge in [-0.2, -0.15) is 0 Å². The maximum absolute atomic E-state index is 11.9. The number of aromatic nitrogens is 2. The zero-order valence-electron chi connectivity index (χ0n) is 12.3. The summed E-state index contributed by atoms with van der Waals surface area (Å²) in [5, 5.41) is 0. The van der Waals surface area contributed by atoms with Gasteiger partial charge in [-0.3, -0.25) is 9.13 Å². The van der Waals surface area contributed by atoms with E-state index in [1.807, 2.05) is 0 Å². The maximum atomic E-state index is 11.9. The van der Waals surface area contributed by atoms with E-state index in [1.165, 1.54) is 27.7 Å². The van der Waals surface area contributed by atoms with E-state index in [9.17, 15) is 28.7 Å². The molecule has 0 saturated carbocycles. The van der Waals surface area contributed by atoms with Crippen LogP contribution < -0.4 is 34.2 Å². The second-order valence-electron chi connectivity index (χ2n) is 4.79. The quantitative estimate of drug-likeness (QED) is 0.291. The summed E-state index contributed by atoms with van der Waals surface area (Å²) in [5.41, 5.74) is -0.201. The van der Waals surface area contributed by atoms with Crippen molar-refractivity contribution in [3.8, 4) is 0 Å². The molecule has 0 fully saturated rings. The van der Waals surface area contributed by atoms with Crippen molar-refractivity contribution in [3.63, 3.8) is 0 Å². The highest BCUT2D eigenvalue weighted by molar-refractivity contribution is 7.71. The van der Waals surface area contributed by atoms with Crippen molar-refractivity contribution in [2.24, 2.45) is 0 Å². The molecule has 134 valence electrons. The topological polar surface area (TPSA) is 123 Å². The molecule has 0 unspecified atom stereocenters. The fourth-order valence-corrected chi connectivity index (χ4v) is 4.32. The molecule has 0 spiro atoms. The van der Waals surface area contributed by atoms with Crippen LogP contribution in [0.2, 0.25) is 0 Å². The van der Waals surface area contributed by atoms with Crippen LogP contribution in [0, 0.1) is 0 Å².